The van der Waals surface area contributed by atoms with Crippen LogP contribution in [0.2, 0.25) is 0 Å². The lowest BCUT2D eigenvalue weighted by Crippen LogP contribution is -2.43. The van der Waals surface area contributed by atoms with Gasteiger partial charge in [-0.05, 0) is 41.6 Å². The molecule has 0 N–H and O–H groups in total. The van der Waals surface area contributed by atoms with Gasteiger partial charge in [0.05, 0.1) is 18.0 Å². The predicted molar refractivity (Wildman–Crippen MR) is 131 cm³/mol. The van der Waals surface area contributed by atoms with E-state index in [0.717, 1.165) is 10.4 Å². The van der Waals surface area contributed by atoms with Crippen LogP contribution in [0.25, 0.3) is 0 Å². The van der Waals surface area contributed by atoms with Crippen molar-refractivity contribution in [1.29, 1.82) is 0 Å². The Morgan fingerprint density at radius 3 is 2.60 bits per heavy atom. The number of nitrogens with zero attached hydrogens (tertiary/aromatic N) is 2. The number of ether oxygens (including phenoxy) is 2. The van der Waals surface area contributed by atoms with Gasteiger partial charge in [0.2, 0.25) is 24.5 Å². The highest BCUT2D eigenvalue weighted by Gasteiger charge is 2.54. The fourth-order valence-corrected chi connectivity index (χ4v) is 5.55. The lowest BCUT2D eigenvalue weighted by atomic mass is 9.75. The molecule has 2 aliphatic heterocycles. The van der Waals surface area contributed by atoms with Crippen molar-refractivity contribution in [3.05, 3.63) is 82.0 Å². The van der Waals surface area contributed by atoms with Gasteiger partial charge in [0.25, 0.3) is 0 Å². The second kappa shape index (κ2) is 9.19. The van der Waals surface area contributed by atoms with E-state index < -0.39 is 5.41 Å². The van der Waals surface area contributed by atoms with Gasteiger partial charge in [0, 0.05) is 24.8 Å². The average Bonchev–Trinajstić information content (AvgIpc) is 3.61. The van der Waals surface area contributed by atoms with Gasteiger partial charge >= 0.3 is 0 Å². The van der Waals surface area contributed by atoms with E-state index in [1.54, 1.807) is 35.4 Å². The van der Waals surface area contributed by atoms with Crippen molar-refractivity contribution in [1.82, 2.24) is 9.80 Å². The molecule has 0 saturated carbocycles. The Labute approximate surface area is 207 Å². The molecule has 2 atom stereocenters. The van der Waals surface area contributed by atoms with Gasteiger partial charge in [-0.15, -0.1) is 11.3 Å². The minimum Gasteiger partial charge on any atom is -0.454 e. The summed E-state index contributed by atoms with van der Waals surface area (Å²) in [6, 6.07) is 18.4. The molecule has 0 radical (unpaired) electrons. The monoisotopic (exact) mass is 490 g/mol. The van der Waals surface area contributed by atoms with E-state index in [4.69, 9.17) is 9.47 Å². The van der Waals surface area contributed by atoms with Crippen LogP contribution in [0.1, 0.15) is 41.8 Å². The van der Waals surface area contributed by atoms with E-state index in [1.807, 2.05) is 60.8 Å². The van der Waals surface area contributed by atoms with Crippen LogP contribution in [-0.4, -0.2) is 41.4 Å². The summed E-state index contributed by atoms with van der Waals surface area (Å²) < 4.78 is 10.8. The van der Waals surface area contributed by atoms with Crippen molar-refractivity contribution >= 4 is 29.1 Å². The summed E-state index contributed by atoms with van der Waals surface area (Å²) in [5, 5.41) is 1.97. The third-order valence-corrected chi connectivity index (χ3v) is 7.94. The van der Waals surface area contributed by atoms with Crippen molar-refractivity contribution in [2.24, 2.45) is 0 Å². The standard InChI is InChI=1S/C27H26N2O5S/c1-18(23-9-6-12-35-23)28(2)24(30)14-27(20-7-4-3-5-8-20)15-25(31)29(26(27)32)16-19-10-11-21-22(13-19)34-17-33-21/h3-13,18H,14-17H2,1-2H3. The Hall–Kier alpha value is -3.65. The van der Waals surface area contributed by atoms with Crippen LogP contribution in [0.3, 0.4) is 0 Å². The minimum atomic E-state index is -1.24. The molecule has 0 spiro atoms. The predicted octanol–water partition coefficient (Wildman–Crippen LogP) is 4.28. The number of benzene rings is 2. The molecule has 0 bridgehead atoms. The molecule has 1 saturated heterocycles. The summed E-state index contributed by atoms with van der Waals surface area (Å²) in [6.07, 6.45) is -0.126. The van der Waals surface area contributed by atoms with Crippen molar-refractivity contribution in [2.75, 3.05) is 13.8 Å². The van der Waals surface area contributed by atoms with E-state index in [-0.39, 0.29) is 49.9 Å². The van der Waals surface area contributed by atoms with Crippen LogP contribution in [0.4, 0.5) is 0 Å². The van der Waals surface area contributed by atoms with Crippen LogP contribution < -0.4 is 9.47 Å². The molecule has 5 rings (SSSR count). The van der Waals surface area contributed by atoms with E-state index in [9.17, 15) is 14.4 Å². The van der Waals surface area contributed by atoms with Gasteiger partial charge in [-0.2, -0.15) is 0 Å². The molecule has 1 fully saturated rings. The lowest BCUT2D eigenvalue weighted by Gasteiger charge is -2.31. The second-order valence-corrected chi connectivity index (χ2v) is 9.95. The van der Waals surface area contributed by atoms with Crippen molar-refractivity contribution in [3.63, 3.8) is 0 Å². The summed E-state index contributed by atoms with van der Waals surface area (Å²) >= 11 is 1.58. The summed E-state index contributed by atoms with van der Waals surface area (Å²) in [6.45, 7) is 2.22. The van der Waals surface area contributed by atoms with Gasteiger partial charge in [0.15, 0.2) is 11.5 Å². The first-order valence-electron chi connectivity index (χ1n) is 11.5. The summed E-state index contributed by atoms with van der Waals surface area (Å²) in [4.78, 5) is 44.6. The molecule has 7 nitrogen and oxygen atoms in total. The minimum absolute atomic E-state index is 0.0483. The molecule has 180 valence electrons. The summed E-state index contributed by atoms with van der Waals surface area (Å²) in [5.41, 5.74) is 0.196. The topological polar surface area (TPSA) is 76.2 Å². The van der Waals surface area contributed by atoms with Gasteiger partial charge in [-0.25, -0.2) is 0 Å². The number of rotatable bonds is 7. The zero-order chi connectivity index (χ0) is 24.6. The number of hydrogen-bond acceptors (Lipinski definition) is 6. The Balaban J connectivity index is 1.43. The third-order valence-electron chi connectivity index (χ3n) is 6.89. The molecule has 0 aliphatic carbocycles. The zero-order valence-corrected chi connectivity index (χ0v) is 20.4. The van der Waals surface area contributed by atoms with Gasteiger partial charge in [-0.3, -0.25) is 19.3 Å². The molecular formula is C27H26N2O5S. The highest BCUT2D eigenvalue weighted by Crippen LogP contribution is 2.42. The molecule has 2 unspecified atom stereocenters. The van der Waals surface area contributed by atoms with Crippen LogP contribution in [0.5, 0.6) is 11.5 Å². The van der Waals surface area contributed by atoms with Crippen LogP contribution in [-0.2, 0) is 26.3 Å². The van der Waals surface area contributed by atoms with E-state index in [2.05, 4.69) is 0 Å². The smallest absolute Gasteiger partial charge is 0.241 e. The maximum absolute atomic E-state index is 13.9. The van der Waals surface area contributed by atoms with Crippen LogP contribution >= 0.6 is 11.3 Å². The molecule has 3 aromatic rings. The Kier molecular flexibility index (Phi) is 6.06. The van der Waals surface area contributed by atoms with E-state index in [0.29, 0.717) is 17.1 Å². The molecule has 8 heteroatoms. The van der Waals surface area contributed by atoms with E-state index >= 15 is 0 Å². The maximum atomic E-state index is 13.9. The average molecular weight is 491 g/mol. The van der Waals surface area contributed by atoms with Crippen LogP contribution in [0.15, 0.2) is 66.0 Å². The first kappa shape index (κ1) is 23.1. The van der Waals surface area contributed by atoms with Gasteiger partial charge < -0.3 is 14.4 Å². The molecular weight excluding hydrogens is 464 g/mol. The lowest BCUT2D eigenvalue weighted by molar-refractivity contribution is -0.143. The number of likely N-dealkylation sites (tertiary alicyclic amines) is 1. The second-order valence-electron chi connectivity index (χ2n) is 8.97. The quantitative estimate of drug-likeness (QED) is 0.462. The Bertz CT molecular complexity index is 1260. The zero-order valence-electron chi connectivity index (χ0n) is 19.6. The number of fused-ring (bicyclic) bond motifs is 1. The Morgan fingerprint density at radius 2 is 1.86 bits per heavy atom. The first-order valence-corrected chi connectivity index (χ1v) is 12.3. The SMILES string of the molecule is CC(c1cccs1)N(C)C(=O)CC1(c2ccccc2)CC(=O)N(Cc2ccc3c(c2)OCO3)C1=O. The molecule has 3 amide bonds. The van der Waals surface area contributed by atoms with Gasteiger partial charge in [-0.1, -0.05) is 42.5 Å². The third kappa shape index (κ3) is 4.18. The molecule has 2 aromatic carbocycles. The normalized spacial score (nSPS) is 19.8. The van der Waals surface area contributed by atoms with Crippen molar-refractivity contribution in [2.45, 2.75) is 37.8 Å². The summed E-state index contributed by atoms with van der Waals surface area (Å²) in [7, 11) is 1.75. The molecule has 35 heavy (non-hydrogen) atoms. The fraction of sp³-hybridized carbons (Fsp3) is 0.296. The summed E-state index contributed by atoms with van der Waals surface area (Å²) in [5.74, 6) is 0.409. The molecule has 1 aromatic heterocycles. The highest BCUT2D eigenvalue weighted by atomic mass is 32.1. The first-order chi connectivity index (χ1) is 16.9. The number of hydrogen-bond donors (Lipinski definition) is 0. The van der Waals surface area contributed by atoms with Crippen molar-refractivity contribution < 1.29 is 23.9 Å². The molecule has 2 aliphatic rings. The Morgan fingerprint density at radius 1 is 1.09 bits per heavy atom. The number of carbonyl (C=O) groups excluding carboxylic acids is 3. The van der Waals surface area contributed by atoms with Crippen molar-refractivity contribution in [3.8, 4) is 11.5 Å². The fourth-order valence-electron chi connectivity index (χ4n) is 4.72. The van der Waals surface area contributed by atoms with Crippen LogP contribution in [0, 0.1) is 0 Å². The number of carbonyl (C=O) groups is 3. The number of imide groups is 1. The highest BCUT2D eigenvalue weighted by molar-refractivity contribution is 7.10. The maximum Gasteiger partial charge on any atom is 0.241 e. The largest absolute Gasteiger partial charge is 0.454 e. The molecule has 3 heterocycles. The van der Waals surface area contributed by atoms with E-state index in [1.165, 1.54) is 4.90 Å². The number of thiophene rings is 1. The number of amides is 3. The van der Waals surface area contributed by atoms with Gasteiger partial charge in [0.1, 0.15) is 0 Å².